The molecule has 0 aliphatic heterocycles. The van der Waals surface area contributed by atoms with Crippen molar-refractivity contribution in [1.82, 2.24) is 4.98 Å². The van der Waals surface area contributed by atoms with Gasteiger partial charge < -0.3 is 0 Å². The predicted molar refractivity (Wildman–Crippen MR) is 172 cm³/mol. The van der Waals surface area contributed by atoms with E-state index in [1.807, 2.05) is 6.20 Å². The molecule has 40 heavy (non-hydrogen) atoms. The number of rotatable bonds is 22. The Hall–Kier alpha value is -1.64. The van der Waals surface area contributed by atoms with Gasteiger partial charge in [0, 0.05) is 0 Å². The Morgan fingerprint density at radius 2 is 1.32 bits per heavy atom. The fraction of sp³-hybridized carbons (Fsp3) is 0.606. The summed E-state index contributed by atoms with van der Waals surface area (Å²) in [4.78, 5) is 7.04. The molecule has 0 saturated heterocycles. The Bertz CT molecular complexity index is 947. The van der Waals surface area contributed by atoms with Crippen LogP contribution >= 0.6 is 0 Å². The van der Waals surface area contributed by atoms with Crippen molar-refractivity contribution in [3.05, 3.63) is 47.7 Å². The van der Waals surface area contributed by atoms with E-state index in [1.165, 1.54) is 66.7 Å². The molecule has 224 valence electrons. The van der Waals surface area contributed by atoms with Crippen LogP contribution in [0.2, 0.25) is 13.3 Å². The van der Waals surface area contributed by atoms with E-state index in [0.717, 1.165) is 11.4 Å². The van der Waals surface area contributed by atoms with Crippen LogP contribution in [0.5, 0.6) is 5.88 Å². The van der Waals surface area contributed by atoms with E-state index in [4.69, 9.17) is 19.2 Å². The Morgan fingerprint density at radius 1 is 0.775 bits per heavy atom. The summed E-state index contributed by atoms with van der Waals surface area (Å²) < 4.78 is 34.9. The maximum absolute atomic E-state index is 12.2. The number of unbranched alkanes of at least 4 members (excludes halogenated alkanes) is 3. The molecule has 0 aliphatic carbocycles. The van der Waals surface area contributed by atoms with Crippen LogP contribution in [-0.4, -0.2) is 77.2 Å². The first-order valence-electron chi connectivity index (χ1n) is 15.3. The van der Waals surface area contributed by atoms with E-state index in [1.54, 1.807) is 0 Å². The third-order valence-electron chi connectivity index (χ3n) is 7.41. The number of pyridine rings is 1. The second-order valence-electron chi connectivity index (χ2n) is 10.8. The van der Waals surface area contributed by atoms with Crippen molar-refractivity contribution in [2.24, 2.45) is 0 Å². The first-order chi connectivity index (χ1) is 19.5. The summed E-state index contributed by atoms with van der Waals surface area (Å²) in [6, 6.07) is 11.0. The van der Waals surface area contributed by atoms with Crippen LogP contribution in [0.3, 0.4) is 0 Å². The molecular weight excluding hydrogens is 610 g/mol. The number of benzene rings is 1. The van der Waals surface area contributed by atoms with Crippen LogP contribution in [-0.2, 0) is 9.47 Å². The van der Waals surface area contributed by atoms with E-state index in [0.29, 0.717) is 26.4 Å². The number of alkyl halides is 1. The molecule has 2 rings (SSSR count). The van der Waals surface area contributed by atoms with Gasteiger partial charge in [0.2, 0.25) is 0 Å². The van der Waals surface area contributed by atoms with E-state index in [2.05, 4.69) is 82.3 Å². The predicted octanol–water partition coefficient (Wildman–Crippen LogP) is 7.76. The molecule has 2 aromatic rings. The van der Waals surface area contributed by atoms with Crippen LogP contribution in [0.25, 0.3) is 12.2 Å². The van der Waals surface area contributed by atoms with Crippen molar-refractivity contribution in [3.63, 3.8) is 0 Å². The molecule has 5 nitrogen and oxygen atoms in total. The SMILES string of the molecule is CCC[CH2][Sn]([CH2]CCC)([CH2]CCC)[c]1cc(C=Cc2ccc(N(C)C)cc2)cnc1OCCOCCOCCF. The van der Waals surface area contributed by atoms with Crippen molar-refractivity contribution in [2.75, 3.05) is 58.7 Å². The fourth-order valence-corrected chi connectivity index (χ4v) is 21.3. The molecule has 0 unspecified atom stereocenters. The summed E-state index contributed by atoms with van der Waals surface area (Å²) in [5.41, 5.74) is 3.52. The number of ether oxygens (including phenoxy) is 3. The van der Waals surface area contributed by atoms with Crippen molar-refractivity contribution >= 4 is 39.8 Å². The molecule has 0 spiro atoms. The molecule has 0 fully saturated rings. The molecule has 0 aliphatic rings. The molecule has 0 bridgehead atoms. The fourth-order valence-electron chi connectivity index (χ4n) is 5.03. The zero-order chi connectivity index (χ0) is 29.1. The number of halogens is 1. The van der Waals surface area contributed by atoms with Gasteiger partial charge in [-0.25, -0.2) is 0 Å². The monoisotopic (exact) mass is 664 g/mol. The standard InChI is InChI=1S/C21H26FN2O3.3C4H9.Sn/c1-24(2)20-8-5-18(6-9-20)3-4-19-7-10-21(23-17-19)27-16-15-26-14-13-25-12-11-22;3*1-3-4-2;/h3-9,17H,11-16H2,1-2H3;3*1,3-4H2,2H3;. The van der Waals surface area contributed by atoms with Crippen LogP contribution in [0, 0.1) is 0 Å². The van der Waals surface area contributed by atoms with Crippen molar-refractivity contribution in [3.8, 4) is 5.88 Å². The van der Waals surface area contributed by atoms with Gasteiger partial charge in [-0.15, -0.1) is 0 Å². The molecule has 0 saturated carbocycles. The maximum atomic E-state index is 12.2. The first-order valence-corrected chi connectivity index (χ1v) is 22.8. The average molecular weight is 664 g/mol. The second-order valence-corrected chi connectivity index (χ2v) is 23.9. The van der Waals surface area contributed by atoms with Gasteiger partial charge in [0.1, 0.15) is 0 Å². The minimum atomic E-state index is -2.82. The van der Waals surface area contributed by atoms with E-state index < -0.39 is 25.1 Å². The molecule has 0 amide bonds. The molecule has 7 heteroatoms. The molecule has 1 aromatic carbocycles. The van der Waals surface area contributed by atoms with Crippen molar-refractivity contribution < 1.29 is 18.6 Å². The van der Waals surface area contributed by atoms with Crippen LogP contribution in [0.4, 0.5) is 10.1 Å². The molecular formula is C33H53FN2O3Sn. The Balaban J connectivity index is 2.34. The van der Waals surface area contributed by atoms with Gasteiger partial charge in [-0.05, 0) is 0 Å². The molecule has 1 aromatic heterocycles. The first kappa shape index (κ1) is 34.6. The summed E-state index contributed by atoms with van der Waals surface area (Å²) in [5, 5.41) is 0. The van der Waals surface area contributed by atoms with Crippen LogP contribution in [0.1, 0.15) is 70.4 Å². The Labute approximate surface area is 247 Å². The quantitative estimate of drug-likeness (QED) is 0.0953. The van der Waals surface area contributed by atoms with Gasteiger partial charge in [-0.2, -0.15) is 0 Å². The molecule has 0 N–H and O–H groups in total. The van der Waals surface area contributed by atoms with Gasteiger partial charge in [0.25, 0.3) is 0 Å². The average Bonchev–Trinajstić information content (AvgIpc) is 2.98. The summed E-state index contributed by atoms with van der Waals surface area (Å²) >= 11 is -2.82. The Kier molecular flexibility index (Phi) is 17.5. The van der Waals surface area contributed by atoms with Gasteiger partial charge in [0.15, 0.2) is 0 Å². The van der Waals surface area contributed by atoms with E-state index >= 15 is 0 Å². The van der Waals surface area contributed by atoms with Crippen molar-refractivity contribution in [2.45, 2.75) is 72.6 Å². The number of nitrogens with zero attached hydrogens (tertiary/aromatic N) is 2. The van der Waals surface area contributed by atoms with E-state index in [9.17, 15) is 4.39 Å². The third-order valence-corrected chi connectivity index (χ3v) is 22.9. The topological polar surface area (TPSA) is 43.8 Å². The summed E-state index contributed by atoms with van der Waals surface area (Å²) in [5.74, 6) is 0.823. The number of hydrogen-bond donors (Lipinski definition) is 0. The van der Waals surface area contributed by atoms with Gasteiger partial charge in [-0.1, -0.05) is 0 Å². The van der Waals surface area contributed by atoms with Crippen LogP contribution < -0.4 is 13.2 Å². The summed E-state index contributed by atoms with van der Waals surface area (Å²) in [6.45, 7) is 8.33. The molecule has 0 radical (unpaired) electrons. The minimum absolute atomic E-state index is 0.123. The number of aromatic nitrogens is 1. The second kappa shape index (κ2) is 20.3. The molecule has 0 atom stereocenters. The van der Waals surface area contributed by atoms with Crippen LogP contribution in [0.15, 0.2) is 36.5 Å². The summed E-state index contributed by atoms with van der Waals surface area (Å²) in [7, 11) is 4.12. The van der Waals surface area contributed by atoms with Gasteiger partial charge >= 0.3 is 248 Å². The van der Waals surface area contributed by atoms with Crippen molar-refractivity contribution in [1.29, 1.82) is 0 Å². The van der Waals surface area contributed by atoms with E-state index in [-0.39, 0.29) is 6.61 Å². The number of hydrogen-bond acceptors (Lipinski definition) is 5. The number of anilines is 1. The Morgan fingerprint density at radius 3 is 1.88 bits per heavy atom. The summed E-state index contributed by atoms with van der Waals surface area (Å²) in [6.07, 6.45) is 13.8. The zero-order valence-corrected chi connectivity index (χ0v) is 28.6. The van der Waals surface area contributed by atoms with Gasteiger partial charge in [-0.3, -0.25) is 0 Å². The third kappa shape index (κ3) is 12.1. The zero-order valence-electron chi connectivity index (χ0n) is 25.7. The molecule has 1 heterocycles. The van der Waals surface area contributed by atoms with Gasteiger partial charge in [0.05, 0.1) is 0 Å². The normalized spacial score (nSPS) is 11.8.